The molecule has 1 fully saturated rings. The van der Waals surface area contributed by atoms with Crippen LogP contribution in [0, 0.1) is 0 Å². The van der Waals surface area contributed by atoms with Gasteiger partial charge in [-0.2, -0.15) is 13.2 Å². The molecule has 0 radical (unpaired) electrons. The first kappa shape index (κ1) is 23.2. The number of nitrogens with zero attached hydrogens (tertiary/aromatic N) is 3. The molecule has 2 heterocycles. The Labute approximate surface area is 180 Å². The molecule has 3 amide bonds. The molecule has 9 nitrogen and oxygen atoms in total. The van der Waals surface area contributed by atoms with Crippen LogP contribution in [0.5, 0.6) is 0 Å². The Balaban J connectivity index is 1.93. The number of alkyl halides is 3. The number of carboxylic acid groups (broad SMARTS) is 1. The first-order chi connectivity index (χ1) is 14.7. The van der Waals surface area contributed by atoms with Crippen LogP contribution >= 0.6 is 0 Å². The van der Waals surface area contributed by atoms with E-state index < -0.39 is 43.7 Å². The molecular weight excluding hydrogens is 455 g/mol. The molecule has 1 aromatic heterocycles. The maximum Gasteiger partial charge on any atom is 0.501 e. The molecule has 2 aromatic rings. The van der Waals surface area contributed by atoms with Gasteiger partial charge >= 0.3 is 17.5 Å². The summed E-state index contributed by atoms with van der Waals surface area (Å²) in [6.45, 7) is 2.77. The summed E-state index contributed by atoms with van der Waals surface area (Å²) >= 11 is 0. The van der Waals surface area contributed by atoms with E-state index in [4.69, 9.17) is 5.11 Å². The summed E-state index contributed by atoms with van der Waals surface area (Å²) in [6.07, 6.45) is 1.24. The van der Waals surface area contributed by atoms with Gasteiger partial charge in [-0.05, 0) is 55.8 Å². The maximum atomic E-state index is 13.0. The number of sulfone groups is 1. The summed E-state index contributed by atoms with van der Waals surface area (Å²) in [7, 11) is -5.58. The minimum absolute atomic E-state index is 0.113. The number of benzene rings is 1. The van der Waals surface area contributed by atoms with Gasteiger partial charge < -0.3 is 10.0 Å². The maximum absolute atomic E-state index is 13.0. The van der Waals surface area contributed by atoms with Crippen molar-refractivity contribution in [3.05, 3.63) is 53.9 Å². The van der Waals surface area contributed by atoms with E-state index >= 15 is 0 Å². The first-order valence-corrected chi connectivity index (χ1v) is 10.4. The van der Waals surface area contributed by atoms with Crippen LogP contribution in [0.25, 0.3) is 0 Å². The number of halogens is 3. The molecule has 0 atom stereocenters. The van der Waals surface area contributed by atoms with Crippen LogP contribution in [0.3, 0.4) is 0 Å². The third-order valence-electron chi connectivity index (χ3n) is 4.92. The van der Waals surface area contributed by atoms with Crippen molar-refractivity contribution in [3.63, 3.8) is 0 Å². The second-order valence-electron chi connectivity index (χ2n) is 7.37. The number of amides is 3. The van der Waals surface area contributed by atoms with E-state index in [0.29, 0.717) is 17.7 Å². The number of hydrogen-bond donors (Lipinski definition) is 1. The van der Waals surface area contributed by atoms with Crippen molar-refractivity contribution in [2.24, 2.45) is 0 Å². The second-order valence-corrected chi connectivity index (χ2v) is 9.31. The Hall–Kier alpha value is -3.48. The quantitative estimate of drug-likeness (QED) is 0.665. The predicted octanol–water partition coefficient (Wildman–Crippen LogP) is 2.82. The van der Waals surface area contributed by atoms with Crippen molar-refractivity contribution >= 4 is 33.4 Å². The summed E-state index contributed by atoms with van der Waals surface area (Å²) in [5, 5.41) is 9.07. The molecule has 0 saturated carbocycles. The highest BCUT2D eigenvalue weighted by molar-refractivity contribution is 7.92. The third-order valence-corrected chi connectivity index (χ3v) is 6.42. The lowest BCUT2D eigenvalue weighted by molar-refractivity contribution is -0.123. The SMILES string of the molecule is CC1(C)C(=O)N(c2ccc(S(=O)(=O)C(F)(F)F)cc2)C(=O)N1Cc1ccnc(C(=O)O)c1. The number of anilines is 1. The number of aromatic nitrogens is 1. The van der Waals surface area contributed by atoms with Crippen molar-refractivity contribution in [1.29, 1.82) is 0 Å². The molecule has 0 bridgehead atoms. The van der Waals surface area contributed by atoms with Gasteiger partial charge in [0.15, 0.2) is 0 Å². The number of carboxylic acids is 1. The molecular formula is C19H16F3N3O6S. The minimum Gasteiger partial charge on any atom is -0.477 e. The van der Waals surface area contributed by atoms with E-state index in [1.54, 1.807) is 0 Å². The number of pyridine rings is 1. The van der Waals surface area contributed by atoms with E-state index in [-0.39, 0.29) is 17.9 Å². The Morgan fingerprint density at radius 3 is 2.25 bits per heavy atom. The highest BCUT2D eigenvalue weighted by Crippen LogP contribution is 2.35. The molecule has 13 heteroatoms. The van der Waals surface area contributed by atoms with Gasteiger partial charge in [0.2, 0.25) is 0 Å². The van der Waals surface area contributed by atoms with Gasteiger partial charge in [-0.3, -0.25) is 4.79 Å². The molecule has 1 saturated heterocycles. The molecule has 1 aliphatic rings. The van der Waals surface area contributed by atoms with Crippen molar-refractivity contribution in [2.75, 3.05) is 4.90 Å². The Bertz CT molecular complexity index is 1210. The van der Waals surface area contributed by atoms with Crippen molar-refractivity contribution in [2.45, 2.75) is 36.3 Å². The third kappa shape index (κ3) is 3.79. The fourth-order valence-corrected chi connectivity index (χ4v) is 3.87. The molecule has 1 aliphatic heterocycles. The standard InChI is InChI=1S/C19H16F3N3O6S/c1-18(2)16(28)25(12-3-5-13(6-4-12)32(30,31)19(20,21)22)17(29)24(18)10-11-7-8-23-14(9-11)15(26)27/h3-9H,10H2,1-2H3,(H,26,27). The number of aromatic carboxylic acids is 1. The lowest BCUT2D eigenvalue weighted by Gasteiger charge is -2.27. The fraction of sp³-hybridized carbons (Fsp3) is 0.263. The number of carbonyl (C=O) groups is 3. The van der Waals surface area contributed by atoms with E-state index in [1.807, 2.05) is 0 Å². The Morgan fingerprint density at radius 1 is 1.12 bits per heavy atom. The van der Waals surface area contributed by atoms with Gasteiger partial charge in [0.05, 0.1) is 10.6 Å². The summed E-state index contributed by atoms with van der Waals surface area (Å²) in [5.74, 6) is -1.97. The summed E-state index contributed by atoms with van der Waals surface area (Å²) in [5.41, 5.74) is -6.85. The summed E-state index contributed by atoms with van der Waals surface area (Å²) in [4.78, 5) is 41.6. The highest BCUT2D eigenvalue weighted by atomic mass is 32.2. The molecule has 0 spiro atoms. The van der Waals surface area contributed by atoms with E-state index in [1.165, 1.54) is 32.2 Å². The van der Waals surface area contributed by atoms with Crippen LogP contribution < -0.4 is 4.90 Å². The highest BCUT2D eigenvalue weighted by Gasteiger charge is 2.52. The average Bonchev–Trinajstić information content (AvgIpc) is 2.87. The molecule has 1 aromatic carbocycles. The van der Waals surface area contributed by atoms with Gasteiger partial charge in [0, 0.05) is 12.7 Å². The second kappa shape index (κ2) is 7.58. The van der Waals surface area contributed by atoms with Crippen molar-refractivity contribution < 1.29 is 41.1 Å². The predicted molar refractivity (Wildman–Crippen MR) is 103 cm³/mol. The number of urea groups is 1. The first-order valence-electron chi connectivity index (χ1n) is 8.93. The molecule has 0 unspecified atom stereocenters. The monoisotopic (exact) mass is 471 g/mol. The summed E-state index contributed by atoms with van der Waals surface area (Å²) in [6, 6.07) is 5.11. The number of carbonyl (C=O) groups excluding carboxylic acids is 2. The van der Waals surface area contributed by atoms with E-state index in [2.05, 4.69) is 4.98 Å². The minimum atomic E-state index is -5.58. The Morgan fingerprint density at radius 2 is 1.72 bits per heavy atom. The van der Waals surface area contributed by atoms with Crippen LogP contribution in [0.2, 0.25) is 0 Å². The number of imide groups is 1. The van der Waals surface area contributed by atoms with Gasteiger partial charge in [-0.1, -0.05) is 0 Å². The number of hydrogen-bond acceptors (Lipinski definition) is 6. The molecule has 3 rings (SSSR count). The van der Waals surface area contributed by atoms with Gasteiger partial charge in [-0.25, -0.2) is 27.9 Å². The fourth-order valence-electron chi connectivity index (χ4n) is 3.11. The van der Waals surface area contributed by atoms with Crippen LogP contribution in [-0.4, -0.2) is 52.4 Å². The molecule has 32 heavy (non-hydrogen) atoms. The molecule has 1 N–H and O–H groups in total. The zero-order chi connectivity index (χ0) is 24.1. The number of rotatable bonds is 5. The normalized spacial score (nSPS) is 16.5. The van der Waals surface area contributed by atoms with Crippen LogP contribution in [0.4, 0.5) is 23.7 Å². The van der Waals surface area contributed by atoms with Crippen molar-refractivity contribution in [3.8, 4) is 0 Å². The van der Waals surface area contributed by atoms with Crippen LogP contribution in [0.15, 0.2) is 47.5 Å². The van der Waals surface area contributed by atoms with E-state index in [9.17, 15) is 36.0 Å². The lowest BCUT2D eigenvalue weighted by atomic mass is 10.0. The lowest BCUT2D eigenvalue weighted by Crippen LogP contribution is -2.43. The smallest absolute Gasteiger partial charge is 0.477 e. The van der Waals surface area contributed by atoms with Gasteiger partial charge in [0.25, 0.3) is 15.7 Å². The Kier molecular flexibility index (Phi) is 5.50. The topological polar surface area (TPSA) is 125 Å². The molecule has 0 aliphatic carbocycles. The summed E-state index contributed by atoms with van der Waals surface area (Å²) < 4.78 is 61.2. The van der Waals surface area contributed by atoms with Gasteiger partial charge in [0.1, 0.15) is 11.2 Å². The van der Waals surface area contributed by atoms with Crippen LogP contribution in [-0.2, 0) is 21.2 Å². The zero-order valence-corrected chi connectivity index (χ0v) is 17.4. The van der Waals surface area contributed by atoms with Gasteiger partial charge in [-0.15, -0.1) is 0 Å². The van der Waals surface area contributed by atoms with Crippen molar-refractivity contribution in [1.82, 2.24) is 9.88 Å². The zero-order valence-electron chi connectivity index (χ0n) is 16.6. The largest absolute Gasteiger partial charge is 0.501 e. The van der Waals surface area contributed by atoms with Crippen LogP contribution in [0.1, 0.15) is 29.9 Å². The van der Waals surface area contributed by atoms with E-state index in [0.717, 1.165) is 21.9 Å². The average molecular weight is 471 g/mol. The molecule has 170 valence electrons.